The van der Waals surface area contributed by atoms with E-state index in [1.165, 1.54) is 14.0 Å². The average molecular weight is 563 g/mol. The van der Waals surface area contributed by atoms with Crippen LogP contribution in [0, 0.1) is 28.6 Å². The molecule has 10 atom stereocenters. The molecule has 0 bridgehead atoms. The van der Waals surface area contributed by atoms with E-state index in [2.05, 4.69) is 0 Å². The first-order valence-electron chi connectivity index (χ1n) is 14.3. The topological polar surface area (TPSA) is 163 Å². The number of esters is 2. The zero-order valence-electron chi connectivity index (χ0n) is 23.4. The number of carbonyl (C=O) groups is 2. The first-order chi connectivity index (χ1) is 18.8. The van der Waals surface area contributed by atoms with Gasteiger partial charge in [-0.05, 0) is 68.2 Å². The number of hydrogen-bond donors (Lipinski definition) is 5. The minimum atomic E-state index is -1.65. The Labute approximate surface area is 234 Å². The smallest absolute Gasteiger partial charge is 0.338 e. The van der Waals surface area contributed by atoms with Crippen molar-refractivity contribution in [3.8, 4) is 5.75 Å². The summed E-state index contributed by atoms with van der Waals surface area (Å²) in [5.74, 6) is -2.26. The molecule has 222 valence electrons. The lowest BCUT2D eigenvalue weighted by molar-refractivity contribution is -0.318. The van der Waals surface area contributed by atoms with Gasteiger partial charge < -0.3 is 39.7 Å². The molecule has 0 unspecified atom stereocenters. The molecule has 0 spiro atoms. The van der Waals surface area contributed by atoms with Gasteiger partial charge in [0.05, 0.1) is 41.5 Å². The fourth-order valence-corrected chi connectivity index (χ4v) is 9.14. The normalized spacial score (nSPS) is 44.1. The number of methoxy groups -OCH3 is 1. The van der Waals surface area contributed by atoms with Crippen molar-refractivity contribution in [3.63, 3.8) is 0 Å². The monoisotopic (exact) mass is 562 g/mol. The zero-order valence-corrected chi connectivity index (χ0v) is 23.4. The van der Waals surface area contributed by atoms with E-state index in [9.17, 15) is 35.1 Å². The number of aliphatic hydroxyl groups excluding tert-OH is 3. The van der Waals surface area contributed by atoms with Crippen molar-refractivity contribution in [1.29, 1.82) is 0 Å². The lowest BCUT2D eigenvalue weighted by atomic mass is 9.40. The van der Waals surface area contributed by atoms with Gasteiger partial charge in [-0.2, -0.15) is 0 Å². The Bertz CT molecular complexity index is 1120. The second kappa shape index (κ2) is 10.2. The highest BCUT2D eigenvalue weighted by Crippen LogP contribution is 2.70. The fraction of sp³-hybridized carbons (Fsp3) is 0.733. The van der Waals surface area contributed by atoms with E-state index < -0.39 is 64.1 Å². The second-order valence-corrected chi connectivity index (χ2v) is 12.8. The van der Waals surface area contributed by atoms with Gasteiger partial charge in [0.15, 0.2) is 0 Å². The van der Waals surface area contributed by atoms with Crippen molar-refractivity contribution in [3.05, 3.63) is 29.8 Å². The minimum absolute atomic E-state index is 0.0314. The highest BCUT2D eigenvalue weighted by Gasteiger charge is 2.76. The lowest BCUT2D eigenvalue weighted by Crippen LogP contribution is -2.76. The molecule has 10 heteroatoms. The van der Waals surface area contributed by atoms with Gasteiger partial charge >= 0.3 is 11.9 Å². The van der Waals surface area contributed by atoms with Gasteiger partial charge in [-0.1, -0.05) is 6.92 Å². The number of carbonyl (C=O) groups excluding carboxylic acids is 2. The van der Waals surface area contributed by atoms with E-state index in [0.29, 0.717) is 25.0 Å². The molecular weight excluding hydrogens is 520 g/mol. The highest BCUT2D eigenvalue weighted by atomic mass is 16.6. The van der Waals surface area contributed by atoms with Crippen molar-refractivity contribution < 1.29 is 49.3 Å². The van der Waals surface area contributed by atoms with Crippen LogP contribution >= 0.6 is 0 Å². The number of ether oxygens (including phenoxy) is 3. The van der Waals surface area contributed by atoms with Crippen LogP contribution in [0.4, 0.5) is 0 Å². The van der Waals surface area contributed by atoms with Gasteiger partial charge in [0, 0.05) is 37.7 Å². The Kier molecular flexibility index (Phi) is 7.49. The first-order valence-corrected chi connectivity index (χ1v) is 14.3. The molecule has 0 radical (unpaired) electrons. The molecule has 10 nitrogen and oxygen atoms in total. The van der Waals surface area contributed by atoms with Crippen LogP contribution in [-0.2, 0) is 14.3 Å². The van der Waals surface area contributed by atoms with Crippen molar-refractivity contribution >= 4 is 11.9 Å². The number of rotatable bonds is 6. The number of hydrogen-bond acceptors (Lipinski definition) is 10. The number of benzene rings is 1. The summed E-state index contributed by atoms with van der Waals surface area (Å²) in [6.45, 7) is 2.70. The third-order valence-electron chi connectivity index (χ3n) is 11.1. The van der Waals surface area contributed by atoms with Gasteiger partial charge in [0.1, 0.15) is 18.5 Å². The molecule has 4 aliphatic carbocycles. The Morgan fingerprint density at radius 2 is 1.75 bits per heavy atom. The number of aliphatic hydroxyl groups is 5. The Morgan fingerprint density at radius 3 is 2.38 bits per heavy atom. The summed E-state index contributed by atoms with van der Waals surface area (Å²) in [7, 11) is 1.51. The summed E-state index contributed by atoms with van der Waals surface area (Å²) in [5, 5.41) is 57.5. The lowest BCUT2D eigenvalue weighted by Gasteiger charge is -2.68. The molecule has 1 aromatic carbocycles. The molecule has 0 heterocycles. The molecule has 4 fully saturated rings. The molecule has 4 saturated carbocycles. The van der Waals surface area contributed by atoms with Crippen LogP contribution in [-0.4, -0.2) is 87.3 Å². The van der Waals surface area contributed by atoms with Crippen LogP contribution in [0.1, 0.15) is 69.2 Å². The maximum absolute atomic E-state index is 13.4. The SMILES string of the molecule is COc1ccc(C(=O)O[C@@H]2C[C@H](O)C[C@@]3(O)CC[C@@H]4[C@H]([C@H](O)C[C@]5(C)[C@@H](CO)CC[C@]45O)[C@@]23COC(C)=O)cc1. The van der Waals surface area contributed by atoms with E-state index in [0.717, 1.165) is 0 Å². The number of fused-ring (bicyclic) bond motifs is 5. The van der Waals surface area contributed by atoms with Crippen LogP contribution in [0.25, 0.3) is 0 Å². The van der Waals surface area contributed by atoms with Gasteiger partial charge in [-0.15, -0.1) is 0 Å². The standard InChI is InChI=1S/C30H42O10/c1-17(32)39-16-29-24(40-26(35)18-4-6-21(38-3)7-5-18)12-20(33)13-28(29,36)10-9-22-25(29)23(34)14-27(2)19(15-31)8-11-30(22,27)37/h4-7,19-20,22-25,31,33-34,36-37H,8-16H2,1-3H3/t19-,20+,22-,23-,24-,25-,27-,28+,29-,30+/m1/s1. The molecule has 5 rings (SSSR count). The van der Waals surface area contributed by atoms with E-state index in [4.69, 9.17) is 14.2 Å². The largest absolute Gasteiger partial charge is 0.497 e. The van der Waals surface area contributed by atoms with Gasteiger partial charge in [-0.3, -0.25) is 4.79 Å². The predicted octanol–water partition coefficient (Wildman–Crippen LogP) is 1.59. The van der Waals surface area contributed by atoms with Crippen LogP contribution in [0.5, 0.6) is 5.75 Å². The van der Waals surface area contributed by atoms with E-state index >= 15 is 0 Å². The summed E-state index contributed by atoms with van der Waals surface area (Å²) < 4.78 is 16.8. The fourth-order valence-electron chi connectivity index (χ4n) is 9.14. The summed E-state index contributed by atoms with van der Waals surface area (Å²) in [6.07, 6.45) is -1.57. The second-order valence-electron chi connectivity index (χ2n) is 12.8. The van der Waals surface area contributed by atoms with Crippen molar-refractivity contribution in [2.45, 2.75) is 88.3 Å². The van der Waals surface area contributed by atoms with Crippen LogP contribution in [0.15, 0.2) is 24.3 Å². The quantitative estimate of drug-likeness (QED) is 0.322. The molecule has 0 aliphatic heterocycles. The average Bonchev–Trinajstić information content (AvgIpc) is 3.17. The maximum atomic E-state index is 13.4. The van der Waals surface area contributed by atoms with Crippen LogP contribution in [0.3, 0.4) is 0 Å². The van der Waals surface area contributed by atoms with Gasteiger partial charge in [0.25, 0.3) is 0 Å². The van der Waals surface area contributed by atoms with Gasteiger partial charge in [-0.25, -0.2) is 4.79 Å². The Morgan fingerprint density at radius 1 is 1.05 bits per heavy atom. The van der Waals surface area contributed by atoms with Crippen LogP contribution in [0.2, 0.25) is 0 Å². The zero-order chi connectivity index (χ0) is 29.1. The third-order valence-corrected chi connectivity index (χ3v) is 11.1. The van der Waals surface area contributed by atoms with Crippen LogP contribution < -0.4 is 4.74 Å². The molecule has 40 heavy (non-hydrogen) atoms. The molecule has 0 saturated heterocycles. The molecule has 4 aliphatic rings. The third kappa shape index (κ3) is 4.17. The summed E-state index contributed by atoms with van der Waals surface area (Å²) in [5.41, 5.74) is -4.92. The highest BCUT2D eigenvalue weighted by molar-refractivity contribution is 5.89. The summed E-state index contributed by atoms with van der Waals surface area (Å²) in [4.78, 5) is 25.6. The van der Waals surface area contributed by atoms with E-state index in [1.54, 1.807) is 24.3 Å². The van der Waals surface area contributed by atoms with E-state index in [-0.39, 0.29) is 50.4 Å². The summed E-state index contributed by atoms with van der Waals surface area (Å²) in [6, 6.07) is 6.33. The maximum Gasteiger partial charge on any atom is 0.338 e. The van der Waals surface area contributed by atoms with Crippen molar-refractivity contribution in [1.82, 2.24) is 0 Å². The molecule has 0 aromatic heterocycles. The Balaban J connectivity index is 1.60. The molecular formula is C30H42O10. The van der Waals surface area contributed by atoms with Gasteiger partial charge in [0.2, 0.25) is 0 Å². The van der Waals surface area contributed by atoms with Crippen molar-refractivity contribution in [2.24, 2.45) is 28.6 Å². The molecule has 1 aromatic rings. The van der Waals surface area contributed by atoms with E-state index in [1.807, 2.05) is 6.92 Å². The van der Waals surface area contributed by atoms with Crippen molar-refractivity contribution in [2.75, 3.05) is 20.3 Å². The first kappa shape index (κ1) is 29.3. The molecule has 5 N–H and O–H groups in total. The summed E-state index contributed by atoms with van der Waals surface area (Å²) >= 11 is 0. The predicted molar refractivity (Wildman–Crippen MR) is 141 cm³/mol. The Hall–Kier alpha value is -2.24. The molecule has 0 amide bonds. The minimum Gasteiger partial charge on any atom is -0.497 e.